The monoisotopic (exact) mass is 458 g/mol. The molecular weight excluding hydrogens is 432 g/mol. The number of methoxy groups -OCH3 is 1. The van der Waals surface area contributed by atoms with E-state index in [1.54, 1.807) is 17.7 Å². The first kappa shape index (κ1) is 22.8. The number of hydrogen-bond donors (Lipinski definition) is 2. The van der Waals surface area contributed by atoms with Crippen LogP contribution >= 0.6 is 0 Å². The van der Waals surface area contributed by atoms with Crippen molar-refractivity contribution in [3.63, 3.8) is 0 Å². The minimum Gasteiger partial charge on any atom is -0.489 e. The highest BCUT2D eigenvalue weighted by Crippen LogP contribution is 2.36. The van der Waals surface area contributed by atoms with Gasteiger partial charge in [-0.15, -0.1) is 0 Å². The van der Waals surface area contributed by atoms with Crippen LogP contribution in [0, 0.1) is 6.92 Å². The zero-order valence-corrected chi connectivity index (χ0v) is 19.3. The molecule has 34 heavy (non-hydrogen) atoms. The van der Waals surface area contributed by atoms with Gasteiger partial charge in [0.25, 0.3) is 0 Å². The molecule has 0 saturated carbocycles. The van der Waals surface area contributed by atoms with Crippen molar-refractivity contribution >= 4 is 12.0 Å². The summed E-state index contributed by atoms with van der Waals surface area (Å²) in [6, 6.07) is 14.2. The van der Waals surface area contributed by atoms with Gasteiger partial charge in [0.2, 0.25) is 0 Å². The number of nitrogens with zero attached hydrogens (tertiary/aromatic N) is 2. The van der Waals surface area contributed by atoms with Gasteiger partial charge in [-0.05, 0) is 49.7 Å². The van der Waals surface area contributed by atoms with Crippen LogP contribution in [0.2, 0.25) is 0 Å². The molecule has 8 nitrogen and oxygen atoms in total. The summed E-state index contributed by atoms with van der Waals surface area (Å²) in [5, 5.41) is 10.4. The van der Waals surface area contributed by atoms with Crippen LogP contribution in [0.4, 0.5) is 4.79 Å². The molecule has 0 unspecified atom stereocenters. The molecule has 3 aromatic rings. The lowest BCUT2D eigenvalue weighted by atomic mass is 9.93. The lowest BCUT2D eigenvalue weighted by Crippen LogP contribution is -2.45. The molecule has 174 valence electrons. The smallest absolute Gasteiger partial charge is 0.337 e. The second-order valence-electron chi connectivity index (χ2n) is 7.85. The Labute approximate surface area is 197 Å². The summed E-state index contributed by atoms with van der Waals surface area (Å²) in [4.78, 5) is 25.0. The maximum atomic E-state index is 12.7. The normalized spacial score (nSPS) is 15.4. The Morgan fingerprint density at radius 3 is 2.65 bits per heavy atom. The maximum absolute atomic E-state index is 12.7. The number of hydrogen-bond acceptors (Lipinski definition) is 5. The van der Waals surface area contributed by atoms with Crippen molar-refractivity contribution in [2.24, 2.45) is 0 Å². The predicted octanol–water partition coefficient (Wildman–Crippen LogP) is 4.21. The minimum absolute atomic E-state index is 0.318. The SMILES string of the molecule is C=CCOc1ccc(-c2nn(-c3ccccc3)cc2[C@@H]2NC(=O)NC(C)=C2C(=O)OC)cc1C. The van der Waals surface area contributed by atoms with Gasteiger partial charge < -0.3 is 20.1 Å². The highest BCUT2D eigenvalue weighted by Gasteiger charge is 2.35. The first-order valence-corrected chi connectivity index (χ1v) is 10.8. The molecule has 2 heterocycles. The number of nitrogens with one attached hydrogen (secondary N) is 2. The molecule has 2 aromatic carbocycles. The molecule has 1 atom stereocenters. The molecule has 0 bridgehead atoms. The fourth-order valence-electron chi connectivity index (χ4n) is 3.95. The molecule has 0 saturated heterocycles. The Morgan fingerprint density at radius 2 is 1.97 bits per heavy atom. The van der Waals surface area contributed by atoms with Crippen LogP contribution in [0.3, 0.4) is 0 Å². The van der Waals surface area contributed by atoms with E-state index in [9.17, 15) is 9.59 Å². The highest BCUT2D eigenvalue weighted by molar-refractivity contribution is 5.95. The Morgan fingerprint density at radius 1 is 1.21 bits per heavy atom. The zero-order valence-electron chi connectivity index (χ0n) is 19.3. The predicted molar refractivity (Wildman–Crippen MR) is 129 cm³/mol. The number of benzene rings is 2. The van der Waals surface area contributed by atoms with Gasteiger partial charge in [0.15, 0.2) is 0 Å². The summed E-state index contributed by atoms with van der Waals surface area (Å²) in [5.41, 5.74) is 4.64. The minimum atomic E-state index is -0.745. The van der Waals surface area contributed by atoms with E-state index in [-0.39, 0.29) is 0 Å². The van der Waals surface area contributed by atoms with Gasteiger partial charge in [0, 0.05) is 23.0 Å². The molecule has 0 aliphatic carbocycles. The van der Waals surface area contributed by atoms with Gasteiger partial charge in [-0.1, -0.05) is 30.9 Å². The Kier molecular flexibility index (Phi) is 6.49. The molecule has 1 aromatic heterocycles. The molecule has 2 amide bonds. The van der Waals surface area contributed by atoms with Gasteiger partial charge in [-0.3, -0.25) is 0 Å². The number of para-hydroxylation sites is 1. The molecule has 0 fully saturated rings. The van der Waals surface area contributed by atoms with Gasteiger partial charge in [-0.25, -0.2) is 14.3 Å². The number of ether oxygens (including phenoxy) is 2. The summed E-state index contributed by atoms with van der Waals surface area (Å²) < 4.78 is 12.5. The lowest BCUT2D eigenvalue weighted by Gasteiger charge is -2.27. The first-order chi connectivity index (χ1) is 16.4. The van der Waals surface area contributed by atoms with Crippen LogP contribution in [0.25, 0.3) is 16.9 Å². The van der Waals surface area contributed by atoms with Crippen molar-refractivity contribution in [1.82, 2.24) is 20.4 Å². The van der Waals surface area contributed by atoms with Crippen LogP contribution in [-0.2, 0) is 9.53 Å². The number of carbonyl (C=O) groups excluding carboxylic acids is 2. The summed E-state index contributed by atoms with van der Waals surface area (Å²) in [6.07, 6.45) is 3.52. The average molecular weight is 459 g/mol. The fraction of sp³-hybridized carbons (Fsp3) is 0.192. The van der Waals surface area contributed by atoms with Crippen LogP contribution in [-0.4, -0.2) is 35.5 Å². The van der Waals surface area contributed by atoms with Crippen molar-refractivity contribution in [3.05, 3.63) is 89.8 Å². The van der Waals surface area contributed by atoms with E-state index in [0.29, 0.717) is 29.1 Å². The lowest BCUT2D eigenvalue weighted by molar-refractivity contribution is -0.136. The van der Waals surface area contributed by atoms with Crippen molar-refractivity contribution in [2.75, 3.05) is 13.7 Å². The van der Waals surface area contributed by atoms with Crippen molar-refractivity contribution in [3.8, 4) is 22.7 Å². The Bertz CT molecular complexity index is 1280. The molecular formula is C26H26N4O4. The fourth-order valence-corrected chi connectivity index (χ4v) is 3.95. The summed E-state index contributed by atoms with van der Waals surface area (Å²) in [7, 11) is 1.32. The van der Waals surface area contributed by atoms with E-state index in [4.69, 9.17) is 14.6 Å². The van der Waals surface area contributed by atoms with Gasteiger partial charge >= 0.3 is 12.0 Å². The van der Waals surface area contributed by atoms with Crippen molar-refractivity contribution in [2.45, 2.75) is 19.9 Å². The van der Waals surface area contributed by atoms with Crippen LogP contribution < -0.4 is 15.4 Å². The Hall–Kier alpha value is -4.33. The molecule has 0 spiro atoms. The third-order valence-corrected chi connectivity index (χ3v) is 5.55. The number of rotatable bonds is 7. The van der Waals surface area contributed by atoms with Gasteiger partial charge in [0.05, 0.1) is 30.1 Å². The number of aryl methyl sites for hydroxylation is 1. The largest absolute Gasteiger partial charge is 0.489 e. The Balaban J connectivity index is 1.88. The average Bonchev–Trinajstić information content (AvgIpc) is 3.28. The topological polar surface area (TPSA) is 94.5 Å². The molecule has 1 aliphatic heterocycles. The van der Waals surface area contributed by atoms with Gasteiger partial charge in [-0.2, -0.15) is 5.10 Å². The molecule has 1 aliphatic rings. The summed E-state index contributed by atoms with van der Waals surface area (Å²) in [6.45, 7) is 7.72. The summed E-state index contributed by atoms with van der Waals surface area (Å²) in [5.74, 6) is 0.214. The third-order valence-electron chi connectivity index (χ3n) is 5.55. The van der Waals surface area contributed by atoms with Crippen LogP contribution in [0.15, 0.2) is 78.7 Å². The molecule has 8 heteroatoms. The van der Waals surface area contributed by atoms with E-state index in [2.05, 4.69) is 17.2 Å². The van der Waals surface area contributed by atoms with Crippen molar-refractivity contribution in [1.29, 1.82) is 0 Å². The zero-order chi connectivity index (χ0) is 24.2. The van der Waals surface area contributed by atoms with E-state index < -0.39 is 18.0 Å². The summed E-state index contributed by atoms with van der Waals surface area (Å²) >= 11 is 0. The first-order valence-electron chi connectivity index (χ1n) is 10.8. The van der Waals surface area contributed by atoms with Crippen molar-refractivity contribution < 1.29 is 19.1 Å². The number of esters is 1. The molecule has 4 rings (SSSR count). The third kappa shape index (κ3) is 4.43. The standard InChI is InChI=1S/C26H26N4O4/c1-5-13-34-21-12-11-18(14-16(21)2)23-20(15-30(29-23)19-9-7-6-8-10-19)24-22(25(31)33-4)17(3)27-26(32)28-24/h5-12,14-15,24H,1,13H2,2-4H3,(H2,27,28,32)/t24-/m0/s1. The van der Waals surface area contributed by atoms with Gasteiger partial charge in [0.1, 0.15) is 12.4 Å². The number of aromatic nitrogens is 2. The number of carbonyl (C=O) groups is 2. The quantitative estimate of drug-likeness (QED) is 0.409. The van der Waals surface area contributed by atoms with E-state index in [1.165, 1.54) is 7.11 Å². The molecule has 2 N–H and O–H groups in total. The van der Waals surface area contributed by atoms with E-state index in [1.807, 2.05) is 61.7 Å². The number of urea groups is 1. The van der Waals surface area contributed by atoms with Crippen LogP contribution in [0.1, 0.15) is 24.1 Å². The second kappa shape index (κ2) is 9.66. The maximum Gasteiger partial charge on any atom is 0.337 e. The number of amides is 2. The highest BCUT2D eigenvalue weighted by atomic mass is 16.5. The van der Waals surface area contributed by atoms with E-state index >= 15 is 0 Å². The number of allylic oxidation sites excluding steroid dienone is 1. The van der Waals surface area contributed by atoms with Crippen LogP contribution in [0.5, 0.6) is 5.75 Å². The molecule has 0 radical (unpaired) electrons. The van der Waals surface area contributed by atoms with E-state index in [0.717, 1.165) is 22.6 Å². The second-order valence-corrected chi connectivity index (χ2v) is 7.85.